The molecule has 1 aromatic rings. The monoisotopic (exact) mass is 140 g/mol. The van der Waals surface area contributed by atoms with Crippen molar-refractivity contribution in [2.45, 2.75) is 0 Å². The van der Waals surface area contributed by atoms with Gasteiger partial charge >= 0.3 is 0 Å². The van der Waals surface area contributed by atoms with Gasteiger partial charge in [0.1, 0.15) is 0 Å². The quantitative estimate of drug-likeness (QED) is 0.571. The molecule has 0 aliphatic rings. The van der Waals surface area contributed by atoms with Crippen LogP contribution in [0.25, 0.3) is 0 Å². The Labute approximate surface area is 56.7 Å². The third-order valence-electron chi connectivity index (χ3n) is 1.01. The van der Waals surface area contributed by atoms with E-state index >= 15 is 0 Å². The molecule has 0 unspecified atom stereocenters. The van der Waals surface area contributed by atoms with Crippen molar-refractivity contribution in [2.24, 2.45) is 5.73 Å². The Bertz CT molecular complexity index is 244. The van der Waals surface area contributed by atoms with E-state index in [9.17, 15) is 9.18 Å². The highest BCUT2D eigenvalue weighted by molar-refractivity contribution is 5.92. The zero-order valence-electron chi connectivity index (χ0n) is 5.04. The van der Waals surface area contributed by atoms with Crippen molar-refractivity contribution < 1.29 is 9.18 Å². The first kappa shape index (κ1) is 6.67. The Balaban J connectivity index is 3.00. The number of rotatable bonds is 1. The summed E-state index contributed by atoms with van der Waals surface area (Å²) in [5.41, 5.74) is 5.07. The number of carbonyl (C=O) groups excluding carboxylic acids is 1. The standard InChI is InChI=1S/C6H5FN2O/c7-5-2-1-4(3-9-5)6(8)10/h1-3H,(H2,8,10). The van der Waals surface area contributed by atoms with Crippen molar-refractivity contribution in [3.05, 3.63) is 29.8 Å². The fraction of sp³-hybridized carbons (Fsp3) is 0. The Kier molecular flexibility index (Phi) is 1.62. The van der Waals surface area contributed by atoms with Crippen LogP contribution >= 0.6 is 0 Å². The smallest absolute Gasteiger partial charge is 0.250 e. The molecule has 0 fully saturated rings. The summed E-state index contributed by atoms with van der Waals surface area (Å²) in [6, 6.07) is 2.37. The van der Waals surface area contributed by atoms with Crippen molar-refractivity contribution in [2.75, 3.05) is 0 Å². The van der Waals surface area contributed by atoms with Gasteiger partial charge in [-0.3, -0.25) is 4.79 Å². The number of halogens is 1. The lowest BCUT2D eigenvalue weighted by Gasteiger charge is -1.91. The Hall–Kier alpha value is -1.45. The fourth-order valence-electron chi connectivity index (χ4n) is 0.522. The largest absolute Gasteiger partial charge is 0.366 e. The molecule has 52 valence electrons. The van der Waals surface area contributed by atoms with Gasteiger partial charge in [0, 0.05) is 6.20 Å². The summed E-state index contributed by atoms with van der Waals surface area (Å²) in [6.45, 7) is 0. The molecule has 4 heteroatoms. The lowest BCUT2D eigenvalue weighted by Crippen LogP contribution is -2.11. The summed E-state index contributed by atoms with van der Waals surface area (Å²) in [6.07, 6.45) is 1.09. The number of pyridine rings is 1. The number of carbonyl (C=O) groups is 1. The van der Waals surface area contributed by atoms with Gasteiger partial charge in [0.15, 0.2) is 0 Å². The van der Waals surface area contributed by atoms with Crippen LogP contribution in [0.4, 0.5) is 4.39 Å². The lowest BCUT2D eigenvalue weighted by molar-refractivity contribution is 0.1000. The summed E-state index contributed by atoms with van der Waals surface area (Å²) in [5.74, 6) is -1.22. The molecular weight excluding hydrogens is 135 g/mol. The average Bonchev–Trinajstić information content (AvgIpc) is 1.88. The van der Waals surface area contributed by atoms with Gasteiger partial charge in [-0.2, -0.15) is 4.39 Å². The minimum Gasteiger partial charge on any atom is -0.366 e. The lowest BCUT2D eigenvalue weighted by atomic mass is 10.3. The van der Waals surface area contributed by atoms with Crippen molar-refractivity contribution in [3.63, 3.8) is 0 Å². The highest BCUT2D eigenvalue weighted by atomic mass is 19.1. The van der Waals surface area contributed by atoms with E-state index in [1.807, 2.05) is 0 Å². The van der Waals surface area contributed by atoms with Crippen molar-refractivity contribution in [1.29, 1.82) is 0 Å². The molecule has 1 amide bonds. The van der Waals surface area contributed by atoms with Crippen LogP contribution < -0.4 is 5.73 Å². The highest BCUT2D eigenvalue weighted by Crippen LogP contribution is 1.96. The van der Waals surface area contributed by atoms with Crippen LogP contribution in [0.2, 0.25) is 0 Å². The summed E-state index contributed by atoms with van der Waals surface area (Å²) >= 11 is 0. The van der Waals surface area contributed by atoms with E-state index < -0.39 is 11.9 Å². The van der Waals surface area contributed by atoms with Crippen molar-refractivity contribution in [3.8, 4) is 0 Å². The molecule has 0 atom stereocenters. The number of hydrogen-bond donors (Lipinski definition) is 1. The Morgan fingerprint density at radius 1 is 1.60 bits per heavy atom. The number of aromatic nitrogens is 1. The van der Waals surface area contributed by atoms with Gasteiger partial charge in [-0.25, -0.2) is 4.98 Å². The van der Waals surface area contributed by atoms with Gasteiger partial charge in [0.2, 0.25) is 11.9 Å². The van der Waals surface area contributed by atoms with Crippen LogP contribution in [0.3, 0.4) is 0 Å². The predicted octanol–water partition coefficient (Wildman–Crippen LogP) is 0.320. The molecule has 0 aliphatic heterocycles. The fourth-order valence-corrected chi connectivity index (χ4v) is 0.522. The van der Waals surface area contributed by atoms with Gasteiger partial charge in [0.25, 0.3) is 0 Å². The molecule has 3 nitrogen and oxygen atoms in total. The molecule has 0 spiro atoms. The van der Waals surface area contributed by atoms with Gasteiger partial charge in [0.05, 0.1) is 5.56 Å². The van der Waals surface area contributed by atoms with Crippen molar-refractivity contribution in [1.82, 2.24) is 4.98 Å². The molecule has 0 saturated carbocycles. The molecule has 1 rings (SSSR count). The summed E-state index contributed by atoms with van der Waals surface area (Å²) in [4.78, 5) is 13.6. The van der Waals surface area contributed by atoms with E-state index in [-0.39, 0.29) is 5.56 Å². The molecule has 1 heterocycles. The Morgan fingerprint density at radius 2 is 2.30 bits per heavy atom. The first-order valence-corrected chi connectivity index (χ1v) is 2.61. The van der Waals surface area contributed by atoms with E-state index in [0.29, 0.717) is 0 Å². The third-order valence-corrected chi connectivity index (χ3v) is 1.01. The first-order chi connectivity index (χ1) is 4.70. The van der Waals surface area contributed by atoms with Gasteiger partial charge in [-0.05, 0) is 12.1 Å². The van der Waals surface area contributed by atoms with Gasteiger partial charge < -0.3 is 5.73 Å². The molecule has 0 radical (unpaired) electrons. The van der Waals surface area contributed by atoms with E-state index in [1.54, 1.807) is 0 Å². The maximum Gasteiger partial charge on any atom is 0.250 e. The van der Waals surface area contributed by atoms with E-state index in [0.717, 1.165) is 12.3 Å². The molecule has 0 saturated heterocycles. The summed E-state index contributed by atoms with van der Waals surface area (Å²) < 4.78 is 12.1. The summed E-state index contributed by atoms with van der Waals surface area (Å²) in [7, 11) is 0. The van der Waals surface area contributed by atoms with Gasteiger partial charge in [-0.1, -0.05) is 0 Å². The van der Waals surface area contributed by atoms with E-state index in [1.165, 1.54) is 6.07 Å². The van der Waals surface area contributed by atoms with E-state index in [4.69, 9.17) is 5.73 Å². The van der Waals surface area contributed by atoms with Crippen LogP contribution in [0.15, 0.2) is 18.3 Å². The molecule has 0 bridgehead atoms. The third kappa shape index (κ3) is 1.28. The average molecular weight is 140 g/mol. The molecule has 10 heavy (non-hydrogen) atoms. The zero-order valence-corrected chi connectivity index (χ0v) is 5.04. The number of primary amides is 1. The number of hydrogen-bond acceptors (Lipinski definition) is 2. The maximum atomic E-state index is 12.1. The van der Waals surface area contributed by atoms with Crippen LogP contribution in [0.5, 0.6) is 0 Å². The van der Waals surface area contributed by atoms with Crippen LogP contribution in [0.1, 0.15) is 10.4 Å². The predicted molar refractivity (Wildman–Crippen MR) is 32.7 cm³/mol. The second-order valence-electron chi connectivity index (χ2n) is 1.73. The molecule has 0 aromatic carbocycles. The maximum absolute atomic E-state index is 12.1. The summed E-state index contributed by atoms with van der Waals surface area (Å²) in [5, 5.41) is 0. The second kappa shape index (κ2) is 2.43. The normalized spacial score (nSPS) is 9.30. The highest BCUT2D eigenvalue weighted by Gasteiger charge is 1.98. The molecule has 2 N–H and O–H groups in total. The molecular formula is C6H5FN2O. The van der Waals surface area contributed by atoms with Crippen LogP contribution in [-0.2, 0) is 0 Å². The number of amides is 1. The molecule has 1 aromatic heterocycles. The topological polar surface area (TPSA) is 56.0 Å². The second-order valence-corrected chi connectivity index (χ2v) is 1.73. The van der Waals surface area contributed by atoms with E-state index in [2.05, 4.69) is 4.98 Å². The number of nitrogens with zero attached hydrogens (tertiary/aromatic N) is 1. The van der Waals surface area contributed by atoms with Gasteiger partial charge in [-0.15, -0.1) is 0 Å². The van der Waals surface area contributed by atoms with Crippen LogP contribution in [-0.4, -0.2) is 10.9 Å². The SMILES string of the molecule is NC(=O)c1ccc(F)nc1. The minimum absolute atomic E-state index is 0.210. The van der Waals surface area contributed by atoms with Crippen molar-refractivity contribution >= 4 is 5.91 Å². The minimum atomic E-state index is -0.620. The molecule has 0 aliphatic carbocycles. The Morgan fingerprint density at radius 3 is 2.70 bits per heavy atom. The first-order valence-electron chi connectivity index (χ1n) is 2.61. The number of nitrogens with two attached hydrogens (primary N) is 1. The van der Waals surface area contributed by atoms with Crippen LogP contribution in [0, 0.1) is 5.95 Å². The zero-order chi connectivity index (χ0) is 7.56.